The number of hydrogen-bond acceptors (Lipinski definition) is 7. The zero-order chi connectivity index (χ0) is 19.8. The van der Waals surface area contributed by atoms with Crippen LogP contribution in [-0.4, -0.2) is 44.7 Å². The van der Waals surface area contributed by atoms with Gasteiger partial charge in [-0.05, 0) is 31.5 Å². The van der Waals surface area contributed by atoms with Gasteiger partial charge in [0.1, 0.15) is 23.7 Å². The van der Waals surface area contributed by atoms with Crippen LogP contribution in [0.1, 0.15) is 19.8 Å². The summed E-state index contributed by atoms with van der Waals surface area (Å²) in [5.74, 6) is 1.95. The molecule has 0 aromatic carbocycles. The first kappa shape index (κ1) is 17.5. The normalized spacial score (nSPS) is 16.4. The molecule has 1 fully saturated rings. The molecule has 148 valence electrons. The van der Waals surface area contributed by atoms with Crippen molar-refractivity contribution in [1.29, 1.82) is 0 Å². The van der Waals surface area contributed by atoms with Crippen LogP contribution in [0.3, 0.4) is 0 Å². The number of carbonyl (C=O) groups excluding carboxylic acids is 1. The lowest BCUT2D eigenvalue weighted by atomic mass is 10.2. The molecule has 5 heterocycles. The topological polar surface area (TPSA) is 107 Å². The minimum absolute atomic E-state index is 0.0228. The second-order valence-electron chi connectivity index (χ2n) is 6.91. The molecule has 9 nitrogen and oxygen atoms in total. The summed E-state index contributed by atoms with van der Waals surface area (Å²) in [4.78, 5) is 20.1. The first-order chi connectivity index (χ1) is 14.2. The molecule has 1 amide bonds. The fourth-order valence-corrected chi connectivity index (χ4v) is 3.49. The van der Waals surface area contributed by atoms with Gasteiger partial charge in [-0.1, -0.05) is 0 Å². The SMILES string of the molecule is CCNc1nccc2oc(-c3cnc4ccc(OC[C@H]5CCC(=O)N5)nn34)cc12. The predicted molar refractivity (Wildman–Crippen MR) is 107 cm³/mol. The molecule has 1 aliphatic heterocycles. The van der Waals surface area contributed by atoms with E-state index in [-0.39, 0.29) is 11.9 Å². The Morgan fingerprint density at radius 3 is 3.10 bits per heavy atom. The van der Waals surface area contributed by atoms with Crippen LogP contribution in [0.25, 0.3) is 28.1 Å². The highest BCUT2D eigenvalue weighted by Crippen LogP contribution is 2.31. The van der Waals surface area contributed by atoms with Crippen LogP contribution < -0.4 is 15.4 Å². The zero-order valence-electron chi connectivity index (χ0n) is 15.9. The van der Waals surface area contributed by atoms with Gasteiger partial charge >= 0.3 is 0 Å². The maximum Gasteiger partial charge on any atom is 0.231 e. The lowest BCUT2D eigenvalue weighted by Gasteiger charge is -2.11. The molecular weight excluding hydrogens is 372 g/mol. The number of nitrogens with one attached hydrogen (secondary N) is 2. The monoisotopic (exact) mass is 392 g/mol. The number of nitrogens with zero attached hydrogens (tertiary/aromatic N) is 4. The molecule has 0 aliphatic carbocycles. The van der Waals surface area contributed by atoms with Crippen molar-refractivity contribution >= 4 is 28.3 Å². The summed E-state index contributed by atoms with van der Waals surface area (Å²) in [5, 5.41) is 11.6. The van der Waals surface area contributed by atoms with Gasteiger partial charge in [-0.25, -0.2) is 14.5 Å². The van der Waals surface area contributed by atoms with Crippen molar-refractivity contribution in [2.45, 2.75) is 25.8 Å². The number of amides is 1. The molecule has 0 radical (unpaired) electrons. The number of carbonyl (C=O) groups is 1. The Morgan fingerprint density at radius 1 is 1.34 bits per heavy atom. The number of aromatic nitrogens is 4. The minimum atomic E-state index is 0.0228. The van der Waals surface area contributed by atoms with Crippen LogP contribution in [0.2, 0.25) is 0 Å². The maximum atomic E-state index is 11.3. The van der Waals surface area contributed by atoms with Gasteiger partial charge in [0.25, 0.3) is 0 Å². The average Bonchev–Trinajstić information content (AvgIpc) is 3.44. The maximum absolute atomic E-state index is 11.3. The predicted octanol–water partition coefficient (Wildman–Crippen LogP) is 2.63. The van der Waals surface area contributed by atoms with Gasteiger partial charge in [-0.2, -0.15) is 0 Å². The van der Waals surface area contributed by atoms with Crippen molar-refractivity contribution < 1.29 is 13.9 Å². The first-order valence-corrected chi connectivity index (χ1v) is 9.61. The van der Waals surface area contributed by atoms with Crippen LogP contribution in [-0.2, 0) is 4.79 Å². The average molecular weight is 392 g/mol. The minimum Gasteiger partial charge on any atom is -0.474 e. The van der Waals surface area contributed by atoms with E-state index >= 15 is 0 Å². The van der Waals surface area contributed by atoms with E-state index in [2.05, 4.69) is 25.7 Å². The molecule has 0 saturated carbocycles. The molecule has 1 atom stereocenters. The van der Waals surface area contributed by atoms with Crippen molar-refractivity contribution in [3.8, 4) is 17.3 Å². The van der Waals surface area contributed by atoms with Crippen LogP contribution >= 0.6 is 0 Å². The molecule has 2 N–H and O–H groups in total. The summed E-state index contributed by atoms with van der Waals surface area (Å²) in [6, 6.07) is 7.41. The van der Waals surface area contributed by atoms with Gasteiger partial charge in [0.2, 0.25) is 11.8 Å². The molecule has 0 bridgehead atoms. The number of rotatable bonds is 6. The second kappa shape index (κ2) is 7.08. The van der Waals surface area contributed by atoms with E-state index in [1.54, 1.807) is 23.0 Å². The van der Waals surface area contributed by atoms with Crippen LogP contribution in [0, 0.1) is 0 Å². The Kier molecular flexibility index (Phi) is 4.27. The highest BCUT2D eigenvalue weighted by Gasteiger charge is 2.21. The molecule has 29 heavy (non-hydrogen) atoms. The largest absolute Gasteiger partial charge is 0.474 e. The molecule has 1 aliphatic rings. The quantitative estimate of drug-likeness (QED) is 0.519. The molecule has 4 aromatic rings. The van der Waals surface area contributed by atoms with E-state index in [4.69, 9.17) is 9.15 Å². The van der Waals surface area contributed by atoms with Gasteiger partial charge in [0.15, 0.2) is 11.4 Å². The Hall–Kier alpha value is -3.62. The third-order valence-corrected chi connectivity index (χ3v) is 4.90. The van der Waals surface area contributed by atoms with Gasteiger partial charge in [0, 0.05) is 25.2 Å². The highest BCUT2D eigenvalue weighted by molar-refractivity contribution is 5.91. The van der Waals surface area contributed by atoms with E-state index in [9.17, 15) is 4.79 Å². The first-order valence-electron chi connectivity index (χ1n) is 9.61. The summed E-state index contributed by atoms with van der Waals surface area (Å²) in [5.41, 5.74) is 2.15. The summed E-state index contributed by atoms with van der Waals surface area (Å²) in [7, 11) is 0. The molecule has 9 heteroatoms. The third-order valence-electron chi connectivity index (χ3n) is 4.90. The Balaban J connectivity index is 1.46. The molecular formula is C20H20N6O3. The lowest BCUT2D eigenvalue weighted by molar-refractivity contribution is -0.119. The molecule has 4 aromatic heterocycles. The summed E-state index contributed by atoms with van der Waals surface area (Å²) in [6.07, 6.45) is 4.76. The Bertz CT molecular complexity index is 1200. The van der Waals surface area contributed by atoms with E-state index in [0.29, 0.717) is 30.3 Å². The van der Waals surface area contributed by atoms with Crippen molar-refractivity contribution in [3.05, 3.63) is 36.7 Å². The fraction of sp³-hybridized carbons (Fsp3) is 0.300. The Labute approximate surface area is 166 Å². The van der Waals surface area contributed by atoms with E-state index in [1.807, 2.05) is 25.1 Å². The third kappa shape index (κ3) is 3.24. The van der Waals surface area contributed by atoms with Crippen LogP contribution in [0.5, 0.6) is 5.88 Å². The van der Waals surface area contributed by atoms with Gasteiger partial charge < -0.3 is 19.8 Å². The van der Waals surface area contributed by atoms with Crippen molar-refractivity contribution in [2.75, 3.05) is 18.5 Å². The summed E-state index contributed by atoms with van der Waals surface area (Å²) >= 11 is 0. The van der Waals surface area contributed by atoms with Crippen molar-refractivity contribution in [3.63, 3.8) is 0 Å². The number of pyridine rings is 1. The lowest BCUT2D eigenvalue weighted by Crippen LogP contribution is -2.31. The van der Waals surface area contributed by atoms with Crippen molar-refractivity contribution in [2.24, 2.45) is 0 Å². The number of furan rings is 1. The van der Waals surface area contributed by atoms with Crippen molar-refractivity contribution in [1.82, 2.24) is 24.9 Å². The standard InChI is InChI=1S/C20H20N6O3/c1-2-21-20-13-9-16(29-15(13)7-8-22-20)14-10-23-17-4-6-19(25-26(14)17)28-11-12-3-5-18(27)24-12/h4,6-10,12H,2-3,5,11H2,1H3,(H,21,22)(H,24,27)/t12-/m1/s1. The molecule has 5 rings (SSSR count). The van der Waals surface area contributed by atoms with E-state index in [0.717, 1.165) is 35.4 Å². The fourth-order valence-electron chi connectivity index (χ4n) is 3.49. The zero-order valence-corrected chi connectivity index (χ0v) is 15.9. The molecule has 0 spiro atoms. The number of hydrogen-bond donors (Lipinski definition) is 2. The van der Waals surface area contributed by atoms with Gasteiger partial charge in [0.05, 0.1) is 17.6 Å². The second-order valence-corrected chi connectivity index (χ2v) is 6.91. The number of anilines is 1. The van der Waals surface area contributed by atoms with Gasteiger partial charge in [-0.15, -0.1) is 5.10 Å². The molecule has 1 saturated heterocycles. The van der Waals surface area contributed by atoms with Crippen LogP contribution in [0.4, 0.5) is 5.82 Å². The van der Waals surface area contributed by atoms with E-state index in [1.165, 1.54) is 0 Å². The van der Waals surface area contributed by atoms with Gasteiger partial charge in [-0.3, -0.25) is 4.79 Å². The summed E-state index contributed by atoms with van der Waals surface area (Å²) < 4.78 is 13.5. The van der Waals surface area contributed by atoms with Crippen LogP contribution in [0.15, 0.2) is 41.1 Å². The number of fused-ring (bicyclic) bond motifs is 2. The smallest absolute Gasteiger partial charge is 0.231 e. The molecule has 0 unspecified atom stereocenters. The number of ether oxygens (including phenoxy) is 1. The number of imidazole rings is 1. The Morgan fingerprint density at radius 2 is 2.28 bits per heavy atom. The highest BCUT2D eigenvalue weighted by atomic mass is 16.5. The van der Waals surface area contributed by atoms with E-state index < -0.39 is 0 Å². The summed E-state index contributed by atoms with van der Waals surface area (Å²) in [6.45, 7) is 3.18.